The van der Waals surface area contributed by atoms with E-state index in [1.807, 2.05) is 30.3 Å². The molecule has 0 spiro atoms. The number of rotatable bonds is 3. The minimum atomic E-state index is -1.03. The number of fused-ring (bicyclic) bond motifs is 1. The van der Waals surface area contributed by atoms with Gasteiger partial charge in [-0.2, -0.15) is 5.26 Å². The Morgan fingerprint density at radius 2 is 2.27 bits per heavy atom. The molecule has 1 atom stereocenters. The number of aromatic amines is 1. The molecule has 0 fully saturated rings. The van der Waals surface area contributed by atoms with Gasteiger partial charge in [-0.05, 0) is 36.5 Å². The van der Waals surface area contributed by atoms with Crippen LogP contribution in [0.1, 0.15) is 40.0 Å². The summed E-state index contributed by atoms with van der Waals surface area (Å²) in [5.41, 5.74) is 1.73. The molecule has 1 heterocycles. The summed E-state index contributed by atoms with van der Waals surface area (Å²) in [4.78, 5) is 14.9. The van der Waals surface area contributed by atoms with Gasteiger partial charge in [-0.15, -0.1) is 0 Å². The molecule has 3 rings (SSSR count). The van der Waals surface area contributed by atoms with E-state index in [4.69, 9.17) is 5.26 Å². The minimum Gasteiger partial charge on any atom is -0.383 e. The molecular weight excluding hydrogens is 278 g/mol. The highest BCUT2D eigenvalue weighted by Crippen LogP contribution is 2.34. The molecule has 1 aliphatic carbocycles. The summed E-state index contributed by atoms with van der Waals surface area (Å²) in [5.74, 6) is -0.321. The molecule has 112 valence electrons. The lowest BCUT2D eigenvalue weighted by Gasteiger charge is -2.34. The van der Waals surface area contributed by atoms with E-state index in [0.29, 0.717) is 17.7 Å². The lowest BCUT2D eigenvalue weighted by Crippen LogP contribution is -2.43. The fourth-order valence-electron chi connectivity index (χ4n) is 2.99. The van der Waals surface area contributed by atoms with Crippen LogP contribution in [0, 0.1) is 11.3 Å². The number of H-pyrrole nitrogens is 1. The van der Waals surface area contributed by atoms with Gasteiger partial charge in [0.05, 0.1) is 12.1 Å². The van der Waals surface area contributed by atoms with E-state index in [9.17, 15) is 9.90 Å². The number of nitrogens with one attached hydrogen (secondary N) is 2. The summed E-state index contributed by atoms with van der Waals surface area (Å²) >= 11 is 0. The predicted molar refractivity (Wildman–Crippen MR) is 81.1 cm³/mol. The van der Waals surface area contributed by atoms with E-state index in [0.717, 1.165) is 24.0 Å². The molecule has 2 aromatic rings. The van der Waals surface area contributed by atoms with Gasteiger partial charge in [0.25, 0.3) is 5.91 Å². The van der Waals surface area contributed by atoms with E-state index >= 15 is 0 Å². The van der Waals surface area contributed by atoms with Crippen LogP contribution in [0.2, 0.25) is 0 Å². The molecule has 22 heavy (non-hydrogen) atoms. The second kappa shape index (κ2) is 5.66. The van der Waals surface area contributed by atoms with E-state index < -0.39 is 5.60 Å². The highest BCUT2D eigenvalue weighted by atomic mass is 16.3. The van der Waals surface area contributed by atoms with Gasteiger partial charge in [0.15, 0.2) is 0 Å². The second-order valence-electron chi connectivity index (χ2n) is 5.64. The van der Waals surface area contributed by atoms with Crippen molar-refractivity contribution in [3.63, 3.8) is 0 Å². The molecular formula is C17H17N3O2. The monoisotopic (exact) mass is 295 g/mol. The number of carbonyl (C=O) groups is 1. The zero-order chi connectivity index (χ0) is 15.6. The summed E-state index contributed by atoms with van der Waals surface area (Å²) in [7, 11) is 0. The fourth-order valence-corrected chi connectivity index (χ4v) is 2.99. The topological polar surface area (TPSA) is 88.9 Å². The van der Waals surface area contributed by atoms with Gasteiger partial charge < -0.3 is 15.4 Å². The third-order valence-corrected chi connectivity index (χ3v) is 4.15. The SMILES string of the molecule is N#Cc1c[nH]c(C(=O)NCC2(O)CCCc3ccccc32)c1. The standard InChI is InChI=1S/C17H17N3O2/c18-9-12-8-15(19-10-12)16(21)20-11-17(22)7-3-5-13-4-1-2-6-14(13)17/h1-2,4,6,8,10,19,22H,3,5,7,11H2,(H,20,21). The first-order chi connectivity index (χ1) is 10.6. The summed E-state index contributed by atoms with van der Waals surface area (Å²) in [6.45, 7) is 0.157. The van der Waals surface area contributed by atoms with Crippen LogP contribution < -0.4 is 5.32 Å². The molecule has 1 aromatic heterocycles. The quantitative estimate of drug-likeness (QED) is 0.807. The van der Waals surface area contributed by atoms with Crippen molar-refractivity contribution >= 4 is 5.91 Å². The van der Waals surface area contributed by atoms with Crippen molar-refractivity contribution in [2.45, 2.75) is 24.9 Å². The molecule has 5 heteroatoms. The summed E-state index contributed by atoms with van der Waals surface area (Å²) in [5, 5.41) is 22.4. The highest BCUT2D eigenvalue weighted by Gasteiger charge is 2.34. The molecule has 5 nitrogen and oxygen atoms in total. The summed E-state index contributed by atoms with van der Waals surface area (Å²) in [6, 6.07) is 11.3. The molecule has 0 saturated carbocycles. The van der Waals surface area contributed by atoms with Gasteiger partial charge in [-0.25, -0.2) is 0 Å². The largest absolute Gasteiger partial charge is 0.383 e. The molecule has 1 amide bonds. The van der Waals surface area contributed by atoms with Crippen LogP contribution in [-0.2, 0) is 12.0 Å². The Labute approximate surface area is 128 Å². The smallest absolute Gasteiger partial charge is 0.267 e. The number of hydrogen-bond acceptors (Lipinski definition) is 3. The Kier molecular flexibility index (Phi) is 3.70. The van der Waals surface area contributed by atoms with Gasteiger partial charge in [0.2, 0.25) is 0 Å². The third kappa shape index (κ3) is 2.61. The lowest BCUT2D eigenvalue weighted by atomic mass is 9.79. The Balaban J connectivity index is 1.74. The Hall–Kier alpha value is -2.58. The maximum absolute atomic E-state index is 12.1. The van der Waals surface area contributed by atoms with Crippen molar-refractivity contribution < 1.29 is 9.90 Å². The van der Waals surface area contributed by atoms with Crippen LogP contribution >= 0.6 is 0 Å². The molecule has 0 bridgehead atoms. The predicted octanol–water partition coefficient (Wildman–Crippen LogP) is 1.84. The number of aryl methyl sites for hydroxylation is 1. The van der Waals surface area contributed by atoms with Gasteiger partial charge in [0.1, 0.15) is 17.4 Å². The van der Waals surface area contributed by atoms with Crippen molar-refractivity contribution in [2.24, 2.45) is 0 Å². The van der Waals surface area contributed by atoms with Crippen LogP contribution in [-0.4, -0.2) is 22.5 Å². The lowest BCUT2D eigenvalue weighted by molar-refractivity contribution is 0.0189. The molecule has 0 aliphatic heterocycles. The van der Waals surface area contributed by atoms with Gasteiger partial charge in [-0.3, -0.25) is 4.79 Å². The minimum absolute atomic E-state index is 0.157. The van der Waals surface area contributed by atoms with E-state index in [1.165, 1.54) is 12.3 Å². The first-order valence-corrected chi connectivity index (χ1v) is 7.30. The first-order valence-electron chi connectivity index (χ1n) is 7.30. The number of hydrogen-bond donors (Lipinski definition) is 3. The first kappa shape index (κ1) is 14.4. The number of nitriles is 1. The highest BCUT2D eigenvalue weighted by molar-refractivity contribution is 5.92. The number of amides is 1. The fraction of sp³-hybridized carbons (Fsp3) is 0.294. The number of carbonyl (C=O) groups excluding carboxylic acids is 1. The van der Waals surface area contributed by atoms with Crippen LogP contribution in [0.4, 0.5) is 0 Å². The molecule has 3 N–H and O–H groups in total. The second-order valence-corrected chi connectivity index (χ2v) is 5.64. The van der Waals surface area contributed by atoms with Gasteiger partial charge in [0, 0.05) is 6.20 Å². The maximum Gasteiger partial charge on any atom is 0.267 e. The van der Waals surface area contributed by atoms with Crippen molar-refractivity contribution in [3.8, 4) is 6.07 Å². The van der Waals surface area contributed by atoms with Crippen molar-refractivity contribution in [1.29, 1.82) is 5.26 Å². The summed E-state index contributed by atoms with van der Waals surface area (Å²) < 4.78 is 0. The molecule has 1 aromatic carbocycles. The van der Waals surface area contributed by atoms with E-state index in [2.05, 4.69) is 10.3 Å². The normalized spacial score (nSPS) is 20.0. The maximum atomic E-state index is 12.1. The third-order valence-electron chi connectivity index (χ3n) is 4.15. The molecule has 0 saturated heterocycles. The Morgan fingerprint density at radius 1 is 1.45 bits per heavy atom. The summed E-state index contributed by atoms with van der Waals surface area (Å²) in [6.07, 6.45) is 3.96. The molecule has 0 radical (unpaired) electrons. The van der Waals surface area contributed by atoms with Crippen LogP contribution in [0.15, 0.2) is 36.5 Å². The zero-order valence-electron chi connectivity index (χ0n) is 12.1. The average molecular weight is 295 g/mol. The van der Waals surface area contributed by atoms with Crippen LogP contribution in [0.5, 0.6) is 0 Å². The molecule has 1 unspecified atom stereocenters. The molecule has 1 aliphatic rings. The number of nitrogens with zero attached hydrogens (tertiary/aromatic N) is 1. The van der Waals surface area contributed by atoms with Crippen molar-refractivity contribution in [2.75, 3.05) is 6.54 Å². The number of aromatic nitrogens is 1. The average Bonchev–Trinajstić information content (AvgIpc) is 3.02. The van der Waals surface area contributed by atoms with Crippen molar-refractivity contribution in [1.82, 2.24) is 10.3 Å². The zero-order valence-corrected chi connectivity index (χ0v) is 12.1. The number of aliphatic hydroxyl groups is 1. The number of benzene rings is 1. The Morgan fingerprint density at radius 3 is 3.05 bits per heavy atom. The van der Waals surface area contributed by atoms with E-state index in [-0.39, 0.29) is 12.5 Å². The van der Waals surface area contributed by atoms with Gasteiger partial charge in [-0.1, -0.05) is 24.3 Å². The van der Waals surface area contributed by atoms with Crippen LogP contribution in [0.3, 0.4) is 0 Å². The Bertz CT molecular complexity index is 744. The van der Waals surface area contributed by atoms with Gasteiger partial charge >= 0.3 is 0 Å². The van der Waals surface area contributed by atoms with Crippen LogP contribution in [0.25, 0.3) is 0 Å². The van der Waals surface area contributed by atoms with Crippen molar-refractivity contribution in [3.05, 3.63) is 58.9 Å². The van der Waals surface area contributed by atoms with E-state index in [1.54, 1.807) is 0 Å².